The van der Waals surface area contributed by atoms with E-state index in [1.54, 1.807) is 4.90 Å². The van der Waals surface area contributed by atoms with Crippen LogP contribution in [0.15, 0.2) is 4.99 Å². The van der Waals surface area contributed by atoms with Gasteiger partial charge in [-0.05, 0) is 31.7 Å². The zero-order valence-electron chi connectivity index (χ0n) is 19.3. The van der Waals surface area contributed by atoms with Gasteiger partial charge in [0.25, 0.3) is 0 Å². The number of aliphatic imine (C=N–C) groups is 1. The zero-order valence-corrected chi connectivity index (χ0v) is 20.1. The van der Waals surface area contributed by atoms with Crippen molar-refractivity contribution in [1.82, 2.24) is 19.8 Å². The molecular weight excluding hydrogens is 420 g/mol. The Balaban J connectivity index is 2.33. The summed E-state index contributed by atoms with van der Waals surface area (Å²) in [6.07, 6.45) is 2.54. The van der Waals surface area contributed by atoms with Gasteiger partial charge in [0, 0.05) is 26.2 Å². The van der Waals surface area contributed by atoms with Gasteiger partial charge in [0.1, 0.15) is 11.6 Å². The summed E-state index contributed by atoms with van der Waals surface area (Å²) in [6, 6.07) is 1.46. The molecular formula is C20H36N6O4S. The van der Waals surface area contributed by atoms with E-state index in [-0.39, 0.29) is 17.3 Å². The first kappa shape index (κ1) is 25.4. The van der Waals surface area contributed by atoms with Gasteiger partial charge in [-0.3, -0.25) is 9.52 Å². The van der Waals surface area contributed by atoms with Crippen LogP contribution in [0.3, 0.4) is 0 Å². The molecule has 0 aliphatic carbocycles. The Morgan fingerprint density at radius 2 is 1.81 bits per heavy atom. The Kier molecular flexibility index (Phi) is 8.30. The van der Waals surface area contributed by atoms with Crippen LogP contribution in [0.1, 0.15) is 40.0 Å². The minimum absolute atomic E-state index is 0.143. The second-order valence-corrected chi connectivity index (χ2v) is 11.4. The highest BCUT2D eigenvalue weighted by Gasteiger charge is 2.38. The van der Waals surface area contributed by atoms with Crippen molar-refractivity contribution in [3.05, 3.63) is 0 Å². The van der Waals surface area contributed by atoms with Crippen LogP contribution in [0, 0.1) is 16.7 Å². The van der Waals surface area contributed by atoms with Crippen LogP contribution >= 0.6 is 0 Å². The monoisotopic (exact) mass is 456 g/mol. The second-order valence-electron chi connectivity index (χ2n) is 9.69. The van der Waals surface area contributed by atoms with E-state index in [1.165, 1.54) is 0 Å². The van der Waals surface area contributed by atoms with E-state index in [0.29, 0.717) is 45.6 Å². The molecule has 0 aromatic rings. The maximum Gasteiger partial charge on any atom is 0.246 e. The van der Waals surface area contributed by atoms with Gasteiger partial charge in [-0.15, -0.1) is 0 Å². The molecule has 0 aromatic carbocycles. The lowest BCUT2D eigenvalue weighted by Gasteiger charge is -2.37. The van der Waals surface area contributed by atoms with Gasteiger partial charge in [0.2, 0.25) is 21.9 Å². The fourth-order valence-electron chi connectivity index (χ4n) is 3.62. The number of nitrogens with one attached hydrogen (secondary N) is 2. The van der Waals surface area contributed by atoms with Crippen molar-refractivity contribution in [2.75, 3.05) is 52.7 Å². The lowest BCUT2D eigenvalue weighted by molar-refractivity contribution is -0.124. The highest BCUT2D eigenvalue weighted by atomic mass is 32.2. The number of hydrogen-bond donors (Lipinski definition) is 2. The molecule has 0 aromatic heterocycles. The Labute approximate surface area is 186 Å². The highest BCUT2D eigenvalue weighted by Crippen LogP contribution is 2.25. The number of piperidine rings is 1. The quantitative estimate of drug-likeness (QED) is 0.445. The number of likely N-dealkylation sites (tertiary alicyclic amines) is 1. The average Bonchev–Trinajstić information content (AvgIpc) is 2.67. The van der Waals surface area contributed by atoms with E-state index in [0.717, 1.165) is 19.3 Å². The highest BCUT2D eigenvalue weighted by molar-refractivity contribution is 7.89. The number of sulfonamides is 1. The Hall–Kier alpha value is -1.90. The van der Waals surface area contributed by atoms with Crippen LogP contribution in [0.5, 0.6) is 0 Å². The Morgan fingerprint density at radius 3 is 2.29 bits per heavy atom. The number of guanidine groups is 1. The summed E-state index contributed by atoms with van der Waals surface area (Å²) < 4.78 is 31.8. The number of ether oxygens (including phenoxy) is 1. The molecule has 0 saturated carbocycles. The summed E-state index contributed by atoms with van der Waals surface area (Å²) in [7, 11) is -1.60. The lowest BCUT2D eigenvalue weighted by atomic mass is 9.86. The lowest BCUT2D eigenvalue weighted by Crippen LogP contribution is -2.56. The summed E-state index contributed by atoms with van der Waals surface area (Å²) in [5.74, 6) is -0.216. The minimum Gasteiger partial charge on any atom is -0.378 e. The van der Waals surface area contributed by atoms with Crippen molar-refractivity contribution in [3.63, 3.8) is 0 Å². The molecule has 2 rings (SSSR count). The van der Waals surface area contributed by atoms with Crippen molar-refractivity contribution in [2.24, 2.45) is 10.4 Å². The van der Waals surface area contributed by atoms with Gasteiger partial charge < -0.3 is 19.9 Å². The minimum atomic E-state index is -3.59. The molecule has 1 atom stereocenters. The fourth-order valence-corrected chi connectivity index (χ4v) is 4.14. The summed E-state index contributed by atoms with van der Waals surface area (Å²) in [5, 5.41) is 12.7. The van der Waals surface area contributed by atoms with E-state index in [9.17, 15) is 18.5 Å². The summed E-state index contributed by atoms with van der Waals surface area (Å²) in [4.78, 5) is 21.8. The van der Waals surface area contributed by atoms with Gasteiger partial charge >= 0.3 is 0 Å². The van der Waals surface area contributed by atoms with Gasteiger partial charge in [-0.1, -0.05) is 20.8 Å². The van der Waals surface area contributed by atoms with E-state index < -0.39 is 21.6 Å². The van der Waals surface area contributed by atoms with Crippen LogP contribution in [0.2, 0.25) is 0 Å². The number of morpholine rings is 1. The molecule has 2 saturated heterocycles. The molecule has 176 valence electrons. The van der Waals surface area contributed by atoms with Crippen LogP contribution in [0.25, 0.3) is 0 Å². The largest absolute Gasteiger partial charge is 0.378 e. The Morgan fingerprint density at radius 1 is 1.23 bits per heavy atom. The summed E-state index contributed by atoms with van der Waals surface area (Å²) in [6.45, 7) is 9.27. The molecule has 1 unspecified atom stereocenters. The van der Waals surface area contributed by atoms with Crippen molar-refractivity contribution < 1.29 is 17.9 Å². The smallest absolute Gasteiger partial charge is 0.246 e. The first-order valence-corrected chi connectivity index (χ1v) is 12.5. The van der Waals surface area contributed by atoms with Crippen molar-refractivity contribution >= 4 is 21.9 Å². The predicted octanol–water partition coefficient (Wildman–Crippen LogP) is 0.133. The van der Waals surface area contributed by atoms with Gasteiger partial charge in [0.15, 0.2) is 0 Å². The van der Waals surface area contributed by atoms with Gasteiger partial charge in [-0.2, -0.15) is 5.26 Å². The molecule has 2 heterocycles. The average molecular weight is 457 g/mol. The normalized spacial score (nSPS) is 21.8. The van der Waals surface area contributed by atoms with Crippen molar-refractivity contribution in [2.45, 2.75) is 51.6 Å². The topological polar surface area (TPSA) is 127 Å². The van der Waals surface area contributed by atoms with Gasteiger partial charge in [0.05, 0.1) is 25.5 Å². The van der Waals surface area contributed by atoms with E-state index in [4.69, 9.17) is 4.74 Å². The van der Waals surface area contributed by atoms with Crippen molar-refractivity contribution in [1.29, 1.82) is 5.26 Å². The summed E-state index contributed by atoms with van der Waals surface area (Å²) in [5.41, 5.74) is -1.17. The zero-order chi connectivity index (χ0) is 23.3. The molecule has 2 aliphatic rings. The number of nitrogens with zero attached hydrogens (tertiary/aromatic N) is 4. The molecule has 31 heavy (non-hydrogen) atoms. The van der Waals surface area contributed by atoms with Crippen LogP contribution in [-0.4, -0.2) is 94.4 Å². The predicted molar refractivity (Wildman–Crippen MR) is 119 cm³/mol. The first-order valence-electron chi connectivity index (χ1n) is 10.6. The van der Waals surface area contributed by atoms with Crippen LogP contribution < -0.4 is 10.0 Å². The van der Waals surface area contributed by atoms with E-state index in [2.05, 4.69) is 26.0 Å². The molecule has 10 nitrogen and oxygen atoms in total. The second kappa shape index (κ2) is 10.1. The van der Waals surface area contributed by atoms with Crippen molar-refractivity contribution in [3.8, 4) is 6.07 Å². The molecule has 0 spiro atoms. The van der Waals surface area contributed by atoms with Crippen LogP contribution in [0.4, 0.5) is 0 Å². The number of hydrogen-bond acceptors (Lipinski definition) is 7. The SMILES string of the molecule is CN1CCC(C#N)(NC(=O)C(CC(C)(C)C)N=C(NS(C)(=O)=O)N2CCOCC2)CC1. The third kappa shape index (κ3) is 8.27. The van der Waals surface area contributed by atoms with E-state index >= 15 is 0 Å². The molecule has 2 fully saturated rings. The maximum absolute atomic E-state index is 13.3. The number of amides is 1. The summed E-state index contributed by atoms with van der Waals surface area (Å²) >= 11 is 0. The van der Waals surface area contributed by atoms with Crippen LogP contribution in [-0.2, 0) is 19.6 Å². The molecule has 11 heteroatoms. The standard InChI is InChI=1S/C20H36N6O4S/c1-19(2,3)14-16(17(27)23-20(15-21)6-8-25(4)9-7-20)22-18(24-31(5,28)29)26-10-12-30-13-11-26/h16H,6-14H2,1-5H3,(H,22,24)(H,23,27). The molecule has 1 amide bonds. The molecule has 2 N–H and O–H groups in total. The molecule has 0 radical (unpaired) electrons. The maximum atomic E-state index is 13.3. The number of rotatable bonds is 5. The molecule has 0 bridgehead atoms. The fraction of sp³-hybridized carbons (Fsp3) is 0.850. The van der Waals surface area contributed by atoms with Gasteiger partial charge in [-0.25, -0.2) is 13.4 Å². The first-order chi connectivity index (χ1) is 14.3. The number of nitriles is 1. The Bertz CT molecular complexity index is 801. The van der Waals surface area contributed by atoms with E-state index in [1.807, 2.05) is 27.8 Å². The molecule has 2 aliphatic heterocycles. The third-order valence-corrected chi connectivity index (χ3v) is 5.94. The third-order valence-electron chi connectivity index (χ3n) is 5.39. The number of carbonyl (C=O) groups excluding carboxylic acids is 1. The number of carbonyl (C=O) groups is 1.